The Bertz CT molecular complexity index is 858. The predicted molar refractivity (Wildman–Crippen MR) is 104 cm³/mol. The van der Waals surface area contributed by atoms with Crippen LogP contribution < -0.4 is 14.2 Å². The molecule has 2 rings (SSSR count). The summed E-state index contributed by atoms with van der Waals surface area (Å²) in [6.45, 7) is 7.98. The van der Waals surface area contributed by atoms with Crippen LogP contribution in [-0.2, 0) is 10.0 Å². The first-order chi connectivity index (χ1) is 12.2. The van der Waals surface area contributed by atoms with Gasteiger partial charge in [0, 0.05) is 6.04 Å². The molecular formula is C20H27NO4S. The zero-order chi connectivity index (χ0) is 19.5. The number of aryl methyl sites for hydroxylation is 1. The summed E-state index contributed by atoms with van der Waals surface area (Å²) >= 11 is 0. The molecule has 0 saturated carbocycles. The molecule has 5 nitrogen and oxygen atoms in total. The zero-order valence-electron chi connectivity index (χ0n) is 16.2. The van der Waals surface area contributed by atoms with Gasteiger partial charge in [-0.05, 0) is 72.9 Å². The summed E-state index contributed by atoms with van der Waals surface area (Å²) in [5.41, 5.74) is 2.98. The molecule has 1 atom stereocenters. The number of ether oxygens (including phenoxy) is 2. The van der Waals surface area contributed by atoms with Crippen LogP contribution in [-0.4, -0.2) is 22.6 Å². The Morgan fingerprint density at radius 1 is 0.923 bits per heavy atom. The third-order valence-corrected chi connectivity index (χ3v) is 5.97. The van der Waals surface area contributed by atoms with Crippen molar-refractivity contribution in [3.8, 4) is 11.5 Å². The topological polar surface area (TPSA) is 64.6 Å². The van der Waals surface area contributed by atoms with E-state index >= 15 is 0 Å². The molecule has 0 aromatic heterocycles. The molecule has 0 fully saturated rings. The van der Waals surface area contributed by atoms with Gasteiger partial charge in [0.05, 0.1) is 19.1 Å². The molecule has 0 aliphatic rings. The van der Waals surface area contributed by atoms with E-state index in [1.807, 2.05) is 26.0 Å². The monoisotopic (exact) mass is 377 g/mol. The van der Waals surface area contributed by atoms with E-state index in [1.165, 1.54) is 12.1 Å². The standard InChI is InChI=1S/C20H27NO4S/c1-13(2)18-12-19(14(3)11-20(18)25-6)15(4)21-26(22,23)17-9-7-16(24-5)8-10-17/h7-13,15,21H,1-6H3. The number of hydrogen-bond acceptors (Lipinski definition) is 4. The van der Waals surface area contributed by atoms with Crippen LogP contribution in [0.25, 0.3) is 0 Å². The number of nitrogens with one attached hydrogen (secondary N) is 1. The van der Waals surface area contributed by atoms with E-state index < -0.39 is 10.0 Å². The van der Waals surface area contributed by atoms with Gasteiger partial charge in [-0.3, -0.25) is 0 Å². The second-order valence-electron chi connectivity index (χ2n) is 6.62. The lowest BCUT2D eigenvalue weighted by Gasteiger charge is -2.21. The Hall–Kier alpha value is -2.05. The van der Waals surface area contributed by atoms with Gasteiger partial charge in [0.2, 0.25) is 10.0 Å². The van der Waals surface area contributed by atoms with E-state index in [2.05, 4.69) is 18.6 Å². The second kappa shape index (κ2) is 8.10. The van der Waals surface area contributed by atoms with Gasteiger partial charge >= 0.3 is 0 Å². The summed E-state index contributed by atoms with van der Waals surface area (Å²) < 4.78 is 38.7. The van der Waals surface area contributed by atoms with Crippen molar-refractivity contribution in [1.82, 2.24) is 4.72 Å². The smallest absolute Gasteiger partial charge is 0.241 e. The van der Waals surface area contributed by atoms with Gasteiger partial charge in [-0.15, -0.1) is 0 Å². The third-order valence-electron chi connectivity index (χ3n) is 4.41. The molecule has 0 radical (unpaired) electrons. The van der Waals surface area contributed by atoms with Crippen molar-refractivity contribution in [1.29, 1.82) is 0 Å². The van der Waals surface area contributed by atoms with Crippen molar-refractivity contribution in [3.05, 3.63) is 53.1 Å². The molecule has 0 aliphatic heterocycles. The number of rotatable bonds is 7. The molecule has 0 heterocycles. The number of methoxy groups -OCH3 is 2. The van der Waals surface area contributed by atoms with Gasteiger partial charge in [-0.2, -0.15) is 0 Å². The van der Waals surface area contributed by atoms with Gasteiger partial charge in [0.25, 0.3) is 0 Å². The number of sulfonamides is 1. The molecular weight excluding hydrogens is 350 g/mol. The average molecular weight is 378 g/mol. The van der Waals surface area contributed by atoms with Crippen molar-refractivity contribution < 1.29 is 17.9 Å². The van der Waals surface area contributed by atoms with E-state index in [4.69, 9.17) is 9.47 Å². The summed E-state index contributed by atoms with van der Waals surface area (Å²) in [5, 5.41) is 0. The molecule has 0 aliphatic carbocycles. The molecule has 0 bridgehead atoms. The lowest BCUT2D eigenvalue weighted by molar-refractivity contribution is 0.406. The van der Waals surface area contributed by atoms with E-state index in [-0.39, 0.29) is 16.9 Å². The molecule has 26 heavy (non-hydrogen) atoms. The molecule has 142 valence electrons. The highest BCUT2D eigenvalue weighted by molar-refractivity contribution is 7.89. The van der Waals surface area contributed by atoms with Crippen LogP contribution >= 0.6 is 0 Å². The first-order valence-corrected chi connectivity index (χ1v) is 10.0. The van der Waals surface area contributed by atoms with Crippen LogP contribution in [0.2, 0.25) is 0 Å². The van der Waals surface area contributed by atoms with Gasteiger partial charge in [-0.1, -0.05) is 13.8 Å². The molecule has 0 saturated heterocycles. The lowest BCUT2D eigenvalue weighted by Crippen LogP contribution is -2.27. The highest BCUT2D eigenvalue weighted by Gasteiger charge is 2.21. The largest absolute Gasteiger partial charge is 0.497 e. The van der Waals surface area contributed by atoms with E-state index in [1.54, 1.807) is 26.4 Å². The van der Waals surface area contributed by atoms with Crippen LogP contribution in [0.4, 0.5) is 0 Å². The van der Waals surface area contributed by atoms with Gasteiger partial charge < -0.3 is 9.47 Å². The van der Waals surface area contributed by atoms with Gasteiger partial charge in [-0.25, -0.2) is 13.1 Å². The lowest BCUT2D eigenvalue weighted by atomic mass is 9.94. The molecule has 1 N–H and O–H groups in total. The van der Waals surface area contributed by atoms with Crippen molar-refractivity contribution >= 4 is 10.0 Å². The van der Waals surface area contributed by atoms with Gasteiger partial charge in [0.15, 0.2) is 0 Å². The molecule has 6 heteroatoms. The highest BCUT2D eigenvalue weighted by atomic mass is 32.2. The minimum Gasteiger partial charge on any atom is -0.497 e. The minimum atomic E-state index is -3.63. The Labute approximate surface area is 156 Å². The second-order valence-corrected chi connectivity index (χ2v) is 8.34. The van der Waals surface area contributed by atoms with Crippen LogP contribution in [0.3, 0.4) is 0 Å². The average Bonchev–Trinajstić information content (AvgIpc) is 2.60. The number of benzene rings is 2. The van der Waals surface area contributed by atoms with Crippen LogP contribution in [0.15, 0.2) is 41.3 Å². The Balaban J connectivity index is 2.33. The summed E-state index contributed by atoms with van der Waals surface area (Å²) in [6, 6.07) is 9.96. The molecule has 2 aromatic rings. The first-order valence-electron chi connectivity index (χ1n) is 8.54. The van der Waals surface area contributed by atoms with Gasteiger partial charge in [0.1, 0.15) is 11.5 Å². The van der Waals surface area contributed by atoms with Crippen LogP contribution in [0.1, 0.15) is 49.4 Å². The summed E-state index contributed by atoms with van der Waals surface area (Å²) in [4.78, 5) is 0.209. The fourth-order valence-electron chi connectivity index (χ4n) is 2.93. The van der Waals surface area contributed by atoms with Crippen molar-refractivity contribution in [2.75, 3.05) is 14.2 Å². The first kappa shape index (κ1) is 20.3. The highest BCUT2D eigenvalue weighted by Crippen LogP contribution is 2.32. The molecule has 0 spiro atoms. The maximum absolute atomic E-state index is 12.7. The Kier molecular flexibility index (Phi) is 6.31. The minimum absolute atomic E-state index is 0.209. The number of hydrogen-bond donors (Lipinski definition) is 1. The molecule has 2 aromatic carbocycles. The maximum atomic E-state index is 12.7. The van der Waals surface area contributed by atoms with Crippen molar-refractivity contribution in [3.63, 3.8) is 0 Å². The van der Waals surface area contributed by atoms with Crippen molar-refractivity contribution in [2.45, 2.75) is 44.6 Å². The Morgan fingerprint density at radius 3 is 2.04 bits per heavy atom. The molecule has 1 unspecified atom stereocenters. The quantitative estimate of drug-likeness (QED) is 0.786. The maximum Gasteiger partial charge on any atom is 0.241 e. The van der Waals surface area contributed by atoms with E-state index in [0.29, 0.717) is 5.75 Å². The van der Waals surface area contributed by atoms with E-state index in [0.717, 1.165) is 22.4 Å². The fraction of sp³-hybridized carbons (Fsp3) is 0.400. The zero-order valence-corrected chi connectivity index (χ0v) is 17.0. The summed E-state index contributed by atoms with van der Waals surface area (Å²) in [7, 11) is -0.442. The van der Waals surface area contributed by atoms with Crippen LogP contribution in [0, 0.1) is 6.92 Å². The summed E-state index contributed by atoms with van der Waals surface area (Å²) in [5.74, 6) is 1.71. The molecule has 0 amide bonds. The normalized spacial score (nSPS) is 12.9. The summed E-state index contributed by atoms with van der Waals surface area (Å²) in [6.07, 6.45) is 0. The fourth-order valence-corrected chi connectivity index (χ4v) is 4.15. The SMILES string of the molecule is COc1ccc(S(=O)(=O)NC(C)c2cc(C(C)C)c(OC)cc2C)cc1. The third kappa shape index (κ3) is 4.37. The van der Waals surface area contributed by atoms with Crippen molar-refractivity contribution in [2.24, 2.45) is 0 Å². The van der Waals surface area contributed by atoms with E-state index in [9.17, 15) is 8.42 Å². The van der Waals surface area contributed by atoms with Crippen LogP contribution in [0.5, 0.6) is 11.5 Å². The Morgan fingerprint density at radius 2 is 1.54 bits per heavy atom. The predicted octanol–water partition coefficient (Wildman–Crippen LogP) is 4.18.